The van der Waals surface area contributed by atoms with Crippen molar-refractivity contribution in [3.05, 3.63) is 0 Å². The van der Waals surface area contributed by atoms with E-state index in [0.717, 1.165) is 7.69 Å². The third kappa shape index (κ3) is 22.5. The van der Waals surface area contributed by atoms with Crippen LogP contribution in [0, 0.1) is 5.41 Å². The molecule has 4 nitrogen and oxygen atoms in total. The van der Waals surface area contributed by atoms with E-state index >= 15 is 0 Å². The van der Waals surface area contributed by atoms with Gasteiger partial charge in [0.2, 0.25) is 0 Å². The Kier molecular flexibility index (Phi) is 10.8. The summed E-state index contributed by atoms with van der Waals surface area (Å²) in [6.07, 6.45) is 0. The van der Waals surface area contributed by atoms with E-state index in [1.165, 1.54) is 0 Å². The maximum absolute atomic E-state index is 8.08. The molecular weight excluding hydrogens is 159 g/mol. The molecule has 0 aliphatic heterocycles. The molecule has 0 bridgehead atoms. The molecule has 0 aliphatic rings. The van der Waals surface area contributed by atoms with Crippen LogP contribution < -0.4 is 0 Å². The summed E-state index contributed by atoms with van der Waals surface area (Å²) in [6.45, 7) is 6.42. The molecule has 0 aromatic heterocycles. The quantitative estimate of drug-likeness (QED) is 0.510. The minimum absolute atomic E-state index is 0.125. The first-order chi connectivity index (χ1) is 5.47. The molecule has 5 heteroatoms. The molecule has 12 heavy (non-hydrogen) atoms. The number of hydrogen-bond acceptors (Lipinski definition) is 4. The van der Waals surface area contributed by atoms with Gasteiger partial charge in [0, 0.05) is 6.61 Å². The van der Waals surface area contributed by atoms with E-state index in [-0.39, 0.29) is 18.6 Å². The number of aliphatic hydroxyl groups excluding tert-OH is 2. The van der Waals surface area contributed by atoms with Gasteiger partial charge in [0.15, 0.2) is 0 Å². The van der Waals surface area contributed by atoms with Crippen LogP contribution in [0.2, 0.25) is 0 Å². The third-order valence-electron chi connectivity index (χ3n) is 0.691. The summed E-state index contributed by atoms with van der Waals surface area (Å²) in [5.41, 5.74) is 0.138. The summed E-state index contributed by atoms with van der Waals surface area (Å²) in [7, 11) is 0.727. The van der Waals surface area contributed by atoms with Crippen molar-refractivity contribution in [1.82, 2.24) is 0 Å². The highest BCUT2D eigenvalue weighted by Gasteiger charge is 2.08. The van der Waals surface area contributed by atoms with Gasteiger partial charge in [0.05, 0.1) is 13.2 Å². The van der Waals surface area contributed by atoms with Crippen LogP contribution in [-0.4, -0.2) is 42.7 Å². The second kappa shape index (κ2) is 9.00. The van der Waals surface area contributed by atoms with Crippen molar-refractivity contribution in [3.63, 3.8) is 0 Å². The Morgan fingerprint density at radius 2 is 1.58 bits per heavy atom. The Morgan fingerprint density at radius 3 is 1.67 bits per heavy atom. The molecule has 73 valence electrons. The molecule has 3 N–H and O–H groups in total. The summed E-state index contributed by atoms with van der Waals surface area (Å²) in [4.78, 5) is 0. The first-order valence-electron chi connectivity index (χ1n) is 3.77. The van der Waals surface area contributed by atoms with Gasteiger partial charge in [0.25, 0.3) is 0 Å². The minimum Gasteiger partial charge on any atom is -0.429 e. The van der Waals surface area contributed by atoms with Crippen LogP contribution in [0.1, 0.15) is 20.8 Å². The van der Waals surface area contributed by atoms with Crippen LogP contribution in [0.25, 0.3) is 0 Å². The van der Waals surface area contributed by atoms with E-state index < -0.39 is 0 Å². The van der Waals surface area contributed by atoms with Crippen LogP contribution in [0.15, 0.2) is 0 Å². The van der Waals surface area contributed by atoms with Gasteiger partial charge in [-0.25, -0.2) is 0 Å². The van der Waals surface area contributed by atoms with Gasteiger partial charge < -0.3 is 19.9 Å². The summed E-state index contributed by atoms with van der Waals surface area (Å²) >= 11 is 0. The van der Waals surface area contributed by atoms with Crippen LogP contribution in [0.4, 0.5) is 0 Å². The number of aliphatic hydroxyl groups is 2. The monoisotopic (exact) mass is 177 g/mol. The first-order valence-corrected chi connectivity index (χ1v) is 3.77. The van der Waals surface area contributed by atoms with E-state index in [9.17, 15) is 0 Å². The molecule has 0 amide bonds. The van der Waals surface area contributed by atoms with Crippen LogP contribution in [0.5, 0.6) is 0 Å². The average molecular weight is 177 g/mol. The molecule has 0 atom stereocenters. The van der Waals surface area contributed by atoms with Crippen molar-refractivity contribution < 1.29 is 19.9 Å². The molecule has 0 unspecified atom stereocenters. The van der Waals surface area contributed by atoms with E-state index in [0.29, 0.717) is 6.61 Å². The highest BCUT2D eigenvalue weighted by Crippen LogP contribution is 2.11. The lowest BCUT2D eigenvalue weighted by atomic mass is 9.98. The summed E-state index contributed by atoms with van der Waals surface area (Å²) in [5, 5.41) is 23.3. The SMILES string of the molecule is CC(C)(C)CO[B]O.OCCO. The predicted molar refractivity (Wildman–Crippen MR) is 47.6 cm³/mol. The highest BCUT2D eigenvalue weighted by atomic mass is 16.5. The van der Waals surface area contributed by atoms with Crippen molar-refractivity contribution in [3.8, 4) is 0 Å². The van der Waals surface area contributed by atoms with Crippen molar-refractivity contribution in [2.75, 3.05) is 19.8 Å². The Bertz CT molecular complexity index is 80.0. The molecule has 0 rings (SSSR count). The Hall–Kier alpha value is -0.0951. The van der Waals surface area contributed by atoms with Gasteiger partial charge in [-0.05, 0) is 5.41 Å². The third-order valence-corrected chi connectivity index (χ3v) is 0.691. The molecule has 0 heterocycles. The lowest BCUT2D eigenvalue weighted by molar-refractivity contribution is 0.182. The molecule has 0 saturated carbocycles. The fourth-order valence-electron chi connectivity index (χ4n) is 0.287. The molecule has 0 aromatic carbocycles. The number of hydrogen-bond donors (Lipinski definition) is 3. The normalized spacial score (nSPS) is 10.2. The Morgan fingerprint density at radius 1 is 1.17 bits per heavy atom. The van der Waals surface area contributed by atoms with Gasteiger partial charge in [-0.1, -0.05) is 20.8 Å². The zero-order chi connectivity index (χ0) is 10.0. The lowest BCUT2D eigenvalue weighted by Gasteiger charge is -2.16. The van der Waals surface area contributed by atoms with Crippen LogP contribution >= 0.6 is 0 Å². The fourth-order valence-corrected chi connectivity index (χ4v) is 0.287. The standard InChI is InChI=1S/C5H12BO2.C2H6O2/c1-5(2,3)4-8-6-7;3-1-2-4/h7H,4H2,1-3H3;3-4H,1-2H2. The van der Waals surface area contributed by atoms with Crippen molar-refractivity contribution in [2.24, 2.45) is 5.41 Å². The largest absolute Gasteiger partial charge is 0.485 e. The maximum atomic E-state index is 8.08. The van der Waals surface area contributed by atoms with Gasteiger partial charge in [-0.15, -0.1) is 0 Å². The van der Waals surface area contributed by atoms with E-state index in [1.807, 2.05) is 20.8 Å². The van der Waals surface area contributed by atoms with E-state index in [2.05, 4.69) is 4.65 Å². The second-order valence-corrected chi connectivity index (χ2v) is 3.42. The maximum Gasteiger partial charge on any atom is 0.485 e. The molecule has 0 fully saturated rings. The summed E-state index contributed by atoms with van der Waals surface area (Å²) in [5.74, 6) is 0. The lowest BCUT2D eigenvalue weighted by Crippen LogP contribution is -2.16. The molecular formula is C7H18BO4. The van der Waals surface area contributed by atoms with Gasteiger partial charge in [-0.2, -0.15) is 0 Å². The Balaban J connectivity index is 0. The molecule has 0 saturated heterocycles. The van der Waals surface area contributed by atoms with E-state index in [1.54, 1.807) is 0 Å². The van der Waals surface area contributed by atoms with Crippen molar-refractivity contribution >= 4 is 7.69 Å². The average Bonchev–Trinajstić information content (AvgIpc) is 2.00. The van der Waals surface area contributed by atoms with Gasteiger partial charge in [0.1, 0.15) is 0 Å². The van der Waals surface area contributed by atoms with Crippen molar-refractivity contribution in [2.45, 2.75) is 20.8 Å². The topological polar surface area (TPSA) is 69.9 Å². The minimum atomic E-state index is -0.125. The fraction of sp³-hybridized carbons (Fsp3) is 1.00. The summed E-state index contributed by atoms with van der Waals surface area (Å²) < 4.78 is 4.63. The predicted octanol–water partition coefficient (Wildman–Crippen LogP) is -0.453. The molecule has 0 aromatic rings. The van der Waals surface area contributed by atoms with E-state index in [4.69, 9.17) is 15.2 Å². The highest BCUT2D eigenvalue weighted by molar-refractivity contribution is 6.15. The first kappa shape index (κ1) is 14.4. The van der Waals surface area contributed by atoms with Crippen LogP contribution in [0.3, 0.4) is 0 Å². The molecule has 0 aliphatic carbocycles. The summed E-state index contributed by atoms with van der Waals surface area (Å²) in [6, 6.07) is 0. The van der Waals surface area contributed by atoms with Crippen LogP contribution in [-0.2, 0) is 4.65 Å². The second-order valence-electron chi connectivity index (χ2n) is 3.42. The zero-order valence-corrected chi connectivity index (χ0v) is 7.95. The smallest absolute Gasteiger partial charge is 0.429 e. The van der Waals surface area contributed by atoms with Gasteiger partial charge >= 0.3 is 7.69 Å². The molecule has 0 spiro atoms. The Labute approximate surface area is 74.5 Å². The van der Waals surface area contributed by atoms with Gasteiger partial charge in [-0.3, -0.25) is 0 Å². The number of rotatable bonds is 3. The molecule has 1 radical (unpaired) electrons. The zero-order valence-electron chi connectivity index (χ0n) is 7.95. The van der Waals surface area contributed by atoms with Crippen molar-refractivity contribution in [1.29, 1.82) is 0 Å².